The maximum atomic E-state index is 12.3. The maximum Gasteiger partial charge on any atom is 0.253 e. The number of halogens is 1. The Bertz CT molecular complexity index is 789. The molecule has 1 aliphatic carbocycles. The van der Waals surface area contributed by atoms with Gasteiger partial charge in [0.1, 0.15) is 0 Å². The normalized spacial score (nSPS) is 13.4. The number of carbonyl (C=O) groups is 2. The van der Waals surface area contributed by atoms with Crippen molar-refractivity contribution in [3.8, 4) is 0 Å². The monoisotopic (exact) mass is 374 g/mol. The minimum absolute atomic E-state index is 0.0874. The van der Waals surface area contributed by atoms with Crippen LogP contribution in [0.1, 0.15) is 28.8 Å². The van der Waals surface area contributed by atoms with Crippen LogP contribution >= 0.6 is 23.4 Å². The van der Waals surface area contributed by atoms with Gasteiger partial charge in [-0.3, -0.25) is 9.59 Å². The summed E-state index contributed by atoms with van der Waals surface area (Å²) < 4.78 is 0. The molecule has 3 rings (SSSR count). The van der Waals surface area contributed by atoms with Crippen molar-refractivity contribution in [1.82, 2.24) is 5.32 Å². The van der Waals surface area contributed by atoms with Crippen LogP contribution in [0.5, 0.6) is 0 Å². The van der Waals surface area contributed by atoms with Crippen LogP contribution in [0.4, 0.5) is 5.69 Å². The summed E-state index contributed by atoms with van der Waals surface area (Å²) in [6, 6.07) is 12.9. The second-order valence-corrected chi connectivity index (χ2v) is 7.28. The van der Waals surface area contributed by atoms with Crippen LogP contribution in [-0.2, 0) is 11.3 Å². The minimum atomic E-state index is -0.202. The highest BCUT2D eigenvalue weighted by Crippen LogP contribution is 2.30. The highest BCUT2D eigenvalue weighted by atomic mass is 35.5. The van der Waals surface area contributed by atoms with E-state index in [0.717, 1.165) is 29.0 Å². The lowest BCUT2D eigenvalue weighted by molar-refractivity contribution is -0.117. The molecule has 1 fully saturated rings. The van der Waals surface area contributed by atoms with Crippen molar-refractivity contribution < 1.29 is 9.59 Å². The third kappa shape index (κ3) is 4.77. The van der Waals surface area contributed by atoms with Crippen molar-refractivity contribution in [1.29, 1.82) is 0 Å². The first-order chi connectivity index (χ1) is 12.1. The first-order valence-corrected chi connectivity index (χ1v) is 9.68. The average Bonchev–Trinajstić information content (AvgIpc) is 3.46. The lowest BCUT2D eigenvalue weighted by Gasteiger charge is -2.09. The van der Waals surface area contributed by atoms with Gasteiger partial charge in [-0.1, -0.05) is 23.7 Å². The lowest BCUT2D eigenvalue weighted by atomic mass is 10.1. The number of thioether (sulfide) groups is 1. The molecule has 0 radical (unpaired) electrons. The van der Waals surface area contributed by atoms with Crippen LogP contribution in [0.2, 0.25) is 5.02 Å². The quantitative estimate of drug-likeness (QED) is 0.739. The number of benzene rings is 2. The van der Waals surface area contributed by atoms with E-state index in [0.29, 0.717) is 17.1 Å². The van der Waals surface area contributed by atoms with Gasteiger partial charge in [0.15, 0.2) is 0 Å². The van der Waals surface area contributed by atoms with Gasteiger partial charge < -0.3 is 10.6 Å². The topological polar surface area (TPSA) is 58.2 Å². The van der Waals surface area contributed by atoms with E-state index in [1.54, 1.807) is 23.9 Å². The summed E-state index contributed by atoms with van der Waals surface area (Å²) in [6.45, 7) is 0.398. The average molecular weight is 375 g/mol. The Balaban J connectivity index is 1.57. The molecule has 2 N–H and O–H groups in total. The van der Waals surface area contributed by atoms with E-state index in [1.807, 2.05) is 36.6 Å². The fourth-order valence-electron chi connectivity index (χ4n) is 2.38. The third-order valence-corrected chi connectivity index (χ3v) is 5.10. The molecule has 0 bridgehead atoms. The summed E-state index contributed by atoms with van der Waals surface area (Å²) in [4.78, 5) is 25.1. The molecule has 1 aliphatic rings. The molecule has 2 aromatic carbocycles. The number of hydrogen-bond acceptors (Lipinski definition) is 3. The predicted octanol–water partition coefficient (Wildman–Crippen LogP) is 4.34. The summed E-state index contributed by atoms with van der Waals surface area (Å²) >= 11 is 7.68. The molecule has 25 heavy (non-hydrogen) atoms. The van der Waals surface area contributed by atoms with E-state index in [2.05, 4.69) is 10.6 Å². The molecule has 6 heteroatoms. The zero-order chi connectivity index (χ0) is 17.8. The fraction of sp³-hybridized carbons (Fsp3) is 0.263. The summed E-state index contributed by atoms with van der Waals surface area (Å²) in [7, 11) is 0. The Hall–Kier alpha value is -1.98. The van der Waals surface area contributed by atoms with Crippen LogP contribution < -0.4 is 10.6 Å². The molecule has 0 aromatic heterocycles. The third-order valence-electron chi connectivity index (χ3n) is 4.04. The second-order valence-electron chi connectivity index (χ2n) is 5.99. The van der Waals surface area contributed by atoms with Gasteiger partial charge in [-0.2, -0.15) is 0 Å². The van der Waals surface area contributed by atoms with Crippen LogP contribution in [0.15, 0.2) is 47.4 Å². The van der Waals surface area contributed by atoms with Crippen molar-refractivity contribution in [3.05, 3.63) is 58.6 Å². The number of nitrogens with one attached hydrogen (secondary N) is 2. The van der Waals surface area contributed by atoms with Crippen molar-refractivity contribution >= 4 is 40.9 Å². The van der Waals surface area contributed by atoms with Gasteiger partial charge in [-0.15, -0.1) is 11.8 Å². The molecule has 0 saturated heterocycles. The van der Waals surface area contributed by atoms with E-state index in [4.69, 9.17) is 11.6 Å². The highest BCUT2D eigenvalue weighted by molar-refractivity contribution is 7.98. The van der Waals surface area contributed by atoms with Gasteiger partial charge in [0.05, 0.1) is 10.6 Å². The molecule has 0 heterocycles. The molecule has 0 aliphatic heterocycles. The number of amides is 2. The van der Waals surface area contributed by atoms with Crippen molar-refractivity contribution in [2.45, 2.75) is 24.3 Å². The molecule has 130 valence electrons. The molecular formula is C19H19ClN2O2S. The SMILES string of the molecule is CSc1ccc(Cl)c(C(=O)NCc2ccc(NC(=O)C3CC3)cc2)c1. The van der Waals surface area contributed by atoms with Crippen molar-refractivity contribution in [2.24, 2.45) is 5.92 Å². The number of hydrogen-bond donors (Lipinski definition) is 2. The molecule has 2 amide bonds. The van der Waals surface area contributed by atoms with Gasteiger partial charge in [-0.25, -0.2) is 0 Å². The summed E-state index contributed by atoms with van der Waals surface area (Å²) in [5.74, 6) is 0.0668. The fourth-order valence-corrected chi connectivity index (χ4v) is 3.02. The summed E-state index contributed by atoms with van der Waals surface area (Å²) in [5.41, 5.74) is 2.21. The number of rotatable bonds is 6. The van der Waals surface area contributed by atoms with Crippen LogP contribution in [-0.4, -0.2) is 18.1 Å². The van der Waals surface area contributed by atoms with Gasteiger partial charge in [0.25, 0.3) is 5.91 Å². The smallest absolute Gasteiger partial charge is 0.253 e. The van der Waals surface area contributed by atoms with Crippen LogP contribution in [0.3, 0.4) is 0 Å². The standard InChI is InChI=1S/C19H19ClN2O2S/c1-25-15-8-9-17(20)16(10-15)19(24)21-11-12-2-6-14(7-3-12)22-18(23)13-4-5-13/h2-3,6-10,13H,4-5,11H2,1H3,(H,21,24)(H,22,23). The van der Waals surface area contributed by atoms with Gasteiger partial charge in [-0.05, 0) is 55.0 Å². The molecule has 4 nitrogen and oxygen atoms in total. The Morgan fingerprint density at radius 3 is 2.52 bits per heavy atom. The second kappa shape index (κ2) is 7.93. The van der Waals surface area contributed by atoms with Gasteiger partial charge in [0, 0.05) is 23.0 Å². The van der Waals surface area contributed by atoms with E-state index in [1.165, 1.54) is 0 Å². The largest absolute Gasteiger partial charge is 0.348 e. The lowest BCUT2D eigenvalue weighted by Crippen LogP contribution is -2.23. The minimum Gasteiger partial charge on any atom is -0.348 e. The van der Waals surface area contributed by atoms with Gasteiger partial charge in [0.2, 0.25) is 5.91 Å². The Labute approximate surface area is 156 Å². The first-order valence-electron chi connectivity index (χ1n) is 8.08. The van der Waals surface area contributed by atoms with E-state index >= 15 is 0 Å². The highest BCUT2D eigenvalue weighted by Gasteiger charge is 2.29. The Kier molecular flexibility index (Phi) is 5.66. The molecular weight excluding hydrogens is 356 g/mol. The first kappa shape index (κ1) is 17.8. The number of anilines is 1. The van der Waals surface area contributed by atoms with Crippen LogP contribution in [0, 0.1) is 5.92 Å². The molecule has 2 aromatic rings. The number of carbonyl (C=O) groups excluding carboxylic acids is 2. The summed E-state index contributed by atoms with van der Waals surface area (Å²) in [6.07, 6.45) is 3.92. The maximum absolute atomic E-state index is 12.3. The zero-order valence-electron chi connectivity index (χ0n) is 13.8. The molecule has 0 spiro atoms. The van der Waals surface area contributed by atoms with Crippen molar-refractivity contribution in [2.75, 3.05) is 11.6 Å². The molecule has 1 saturated carbocycles. The molecule has 0 atom stereocenters. The van der Waals surface area contributed by atoms with E-state index in [9.17, 15) is 9.59 Å². The van der Waals surface area contributed by atoms with Crippen LogP contribution in [0.25, 0.3) is 0 Å². The van der Waals surface area contributed by atoms with Gasteiger partial charge >= 0.3 is 0 Å². The zero-order valence-corrected chi connectivity index (χ0v) is 15.4. The van der Waals surface area contributed by atoms with E-state index in [-0.39, 0.29) is 17.7 Å². The molecule has 0 unspecified atom stereocenters. The van der Waals surface area contributed by atoms with Crippen molar-refractivity contribution in [3.63, 3.8) is 0 Å². The Morgan fingerprint density at radius 1 is 1.16 bits per heavy atom. The summed E-state index contributed by atoms with van der Waals surface area (Å²) in [5, 5.41) is 6.21. The van der Waals surface area contributed by atoms with E-state index < -0.39 is 0 Å². The Morgan fingerprint density at radius 2 is 1.88 bits per heavy atom. The predicted molar refractivity (Wildman–Crippen MR) is 102 cm³/mol.